The summed E-state index contributed by atoms with van der Waals surface area (Å²) >= 11 is 0. The summed E-state index contributed by atoms with van der Waals surface area (Å²) in [7, 11) is 1.00. The van der Waals surface area contributed by atoms with Gasteiger partial charge in [-0.25, -0.2) is 0 Å². The maximum Gasteiger partial charge on any atom is 0.0319 e. The van der Waals surface area contributed by atoms with Crippen LogP contribution in [0.15, 0.2) is 48.6 Å². The van der Waals surface area contributed by atoms with Gasteiger partial charge in [0.2, 0.25) is 0 Å². The number of aliphatic hydroxyl groups is 1. The largest absolute Gasteiger partial charge is 0.400 e. The van der Waals surface area contributed by atoms with Crippen molar-refractivity contribution in [2.24, 2.45) is 11.8 Å². The first-order valence-corrected chi connectivity index (χ1v) is 4.45. The van der Waals surface area contributed by atoms with Crippen LogP contribution in [0.25, 0.3) is 0 Å². The minimum Gasteiger partial charge on any atom is -0.400 e. The van der Waals surface area contributed by atoms with Gasteiger partial charge in [0.25, 0.3) is 0 Å². The van der Waals surface area contributed by atoms with Gasteiger partial charge in [0.1, 0.15) is 0 Å². The predicted molar refractivity (Wildman–Crippen MR) is 56.0 cm³/mol. The third-order valence-corrected chi connectivity index (χ3v) is 2.00. The van der Waals surface area contributed by atoms with E-state index in [0.29, 0.717) is 11.8 Å². The first-order chi connectivity index (χ1) is 6.45. The Labute approximate surface area is 101 Å². The van der Waals surface area contributed by atoms with Gasteiger partial charge in [-0.2, -0.15) is 0 Å². The van der Waals surface area contributed by atoms with Crippen molar-refractivity contribution < 1.29 is 26.8 Å². The molecule has 0 saturated carbocycles. The van der Waals surface area contributed by atoms with Crippen LogP contribution in [-0.4, -0.2) is 12.2 Å². The number of hydrogen-bond donors (Lipinski definition) is 1. The Balaban J connectivity index is 0.000000531. The average molecular weight is 223 g/mol. The van der Waals surface area contributed by atoms with E-state index in [4.69, 9.17) is 5.11 Å². The normalized spacial score (nSPS) is 18.1. The Hall–Kier alpha value is -0.366. The van der Waals surface area contributed by atoms with E-state index in [1.165, 1.54) is 0 Å². The van der Waals surface area contributed by atoms with Crippen molar-refractivity contribution in [3.8, 4) is 0 Å². The second-order valence-electron chi connectivity index (χ2n) is 2.89. The Bertz CT molecular complexity index is 201. The first-order valence-electron chi connectivity index (χ1n) is 4.45. The van der Waals surface area contributed by atoms with Crippen molar-refractivity contribution in [2.45, 2.75) is 0 Å². The average Bonchev–Trinajstić information content (AvgIpc) is 2.81. The summed E-state index contributed by atoms with van der Waals surface area (Å²) in [4.78, 5) is 0. The van der Waals surface area contributed by atoms with E-state index in [0.717, 1.165) is 7.11 Å². The van der Waals surface area contributed by atoms with Crippen LogP contribution in [0.3, 0.4) is 0 Å². The first kappa shape index (κ1) is 13.6. The Morgan fingerprint density at radius 1 is 0.786 bits per heavy atom. The molecule has 2 heteroatoms. The molecule has 2 aliphatic carbocycles. The molecule has 2 rings (SSSR count). The van der Waals surface area contributed by atoms with E-state index in [1.54, 1.807) is 0 Å². The minimum absolute atomic E-state index is 0. The van der Waals surface area contributed by atoms with Crippen LogP contribution in [0.5, 0.6) is 0 Å². The standard InChI is InChI=1S/C11H11.CH4O.Ti/c1-2-6-10(5-1)9-11-7-3-4-8-11;1-2;/h1-11H;2H,1H3;/q-1;;. The van der Waals surface area contributed by atoms with Gasteiger partial charge in [0, 0.05) is 28.8 Å². The maximum absolute atomic E-state index is 7.00. The molecule has 0 atom stereocenters. The molecule has 0 bridgehead atoms. The van der Waals surface area contributed by atoms with Gasteiger partial charge in [-0.1, -0.05) is 24.3 Å². The molecular weight excluding hydrogens is 208 g/mol. The molecule has 0 amide bonds. The van der Waals surface area contributed by atoms with Crippen LogP contribution in [0.2, 0.25) is 0 Å². The Morgan fingerprint density at radius 2 is 1.07 bits per heavy atom. The van der Waals surface area contributed by atoms with Crippen molar-refractivity contribution in [3.05, 3.63) is 55.0 Å². The quantitative estimate of drug-likeness (QED) is 0.562. The molecule has 0 fully saturated rings. The van der Waals surface area contributed by atoms with Crippen LogP contribution in [0.4, 0.5) is 0 Å². The van der Waals surface area contributed by atoms with Gasteiger partial charge in [-0.05, 0) is 0 Å². The van der Waals surface area contributed by atoms with Crippen LogP contribution < -0.4 is 0 Å². The van der Waals surface area contributed by atoms with E-state index < -0.39 is 0 Å². The molecule has 0 spiro atoms. The molecular formula is C12H15OTi-. The third-order valence-electron chi connectivity index (χ3n) is 2.00. The molecule has 0 aliphatic heterocycles. The summed E-state index contributed by atoms with van der Waals surface area (Å²) < 4.78 is 0. The fourth-order valence-electron chi connectivity index (χ4n) is 1.41. The van der Waals surface area contributed by atoms with Gasteiger partial charge in [0.05, 0.1) is 0 Å². The molecule has 0 heterocycles. The van der Waals surface area contributed by atoms with Gasteiger partial charge in [-0.15, -0.1) is 36.1 Å². The molecule has 0 unspecified atom stereocenters. The zero-order chi connectivity index (χ0) is 9.52. The smallest absolute Gasteiger partial charge is 0.0319 e. The number of allylic oxidation sites excluding steroid dienone is 8. The van der Waals surface area contributed by atoms with E-state index in [9.17, 15) is 0 Å². The Morgan fingerprint density at radius 3 is 1.36 bits per heavy atom. The third kappa shape index (κ3) is 4.23. The molecule has 0 aromatic rings. The SMILES string of the molecule is C1=CC([CH-]C2C=CC=C2)C=C1.CO.[Ti]. The van der Waals surface area contributed by atoms with Crippen molar-refractivity contribution in [1.29, 1.82) is 0 Å². The van der Waals surface area contributed by atoms with E-state index in [-0.39, 0.29) is 21.7 Å². The van der Waals surface area contributed by atoms with E-state index in [1.807, 2.05) is 0 Å². The second-order valence-corrected chi connectivity index (χ2v) is 2.89. The monoisotopic (exact) mass is 223 g/mol. The molecule has 14 heavy (non-hydrogen) atoms. The summed E-state index contributed by atoms with van der Waals surface area (Å²) in [5.41, 5.74) is 0. The Kier molecular flexibility index (Phi) is 7.78. The summed E-state index contributed by atoms with van der Waals surface area (Å²) in [5.74, 6) is 1.10. The predicted octanol–water partition coefficient (Wildman–Crippen LogP) is 2.28. The zero-order valence-corrected chi connectivity index (χ0v) is 9.86. The molecule has 1 N–H and O–H groups in total. The molecule has 0 saturated heterocycles. The van der Waals surface area contributed by atoms with Gasteiger partial charge in [-0.3, -0.25) is 0 Å². The maximum atomic E-state index is 7.00. The fraction of sp³-hybridized carbons (Fsp3) is 0.250. The summed E-state index contributed by atoms with van der Waals surface area (Å²) in [6.07, 6.45) is 19.6. The number of rotatable bonds is 2. The van der Waals surface area contributed by atoms with Crippen LogP contribution in [0, 0.1) is 18.3 Å². The van der Waals surface area contributed by atoms with Crippen molar-refractivity contribution in [1.82, 2.24) is 0 Å². The summed E-state index contributed by atoms with van der Waals surface area (Å²) in [5, 5.41) is 7.00. The second kappa shape index (κ2) is 7.99. The van der Waals surface area contributed by atoms with Crippen LogP contribution in [-0.2, 0) is 21.7 Å². The summed E-state index contributed by atoms with van der Waals surface area (Å²) in [6, 6.07) is 0. The molecule has 0 radical (unpaired) electrons. The number of hydrogen-bond acceptors (Lipinski definition) is 1. The van der Waals surface area contributed by atoms with E-state index in [2.05, 4.69) is 55.0 Å². The summed E-state index contributed by atoms with van der Waals surface area (Å²) in [6.45, 7) is 0. The van der Waals surface area contributed by atoms with Gasteiger partial charge >= 0.3 is 0 Å². The molecule has 2 aliphatic rings. The van der Waals surface area contributed by atoms with E-state index >= 15 is 0 Å². The molecule has 0 aromatic carbocycles. The molecule has 0 aromatic heterocycles. The van der Waals surface area contributed by atoms with Crippen molar-refractivity contribution in [3.63, 3.8) is 0 Å². The molecule has 1 nitrogen and oxygen atoms in total. The van der Waals surface area contributed by atoms with Crippen LogP contribution in [0.1, 0.15) is 0 Å². The number of aliphatic hydroxyl groups excluding tert-OH is 1. The van der Waals surface area contributed by atoms with Crippen LogP contribution >= 0.6 is 0 Å². The van der Waals surface area contributed by atoms with Crippen molar-refractivity contribution in [2.75, 3.05) is 7.11 Å². The minimum atomic E-state index is 0. The van der Waals surface area contributed by atoms with Gasteiger partial charge < -0.3 is 11.5 Å². The molecule has 74 valence electrons. The van der Waals surface area contributed by atoms with Gasteiger partial charge in [0.15, 0.2) is 0 Å². The van der Waals surface area contributed by atoms with Crippen molar-refractivity contribution >= 4 is 0 Å². The zero-order valence-electron chi connectivity index (χ0n) is 8.30. The fourth-order valence-corrected chi connectivity index (χ4v) is 1.41. The topological polar surface area (TPSA) is 20.2 Å².